The fourth-order valence-corrected chi connectivity index (χ4v) is 2.88. The van der Waals surface area contributed by atoms with Gasteiger partial charge in [-0.15, -0.1) is 0 Å². The lowest BCUT2D eigenvalue weighted by Gasteiger charge is -2.32. The lowest BCUT2D eigenvalue weighted by Crippen LogP contribution is -2.33. The fourth-order valence-electron chi connectivity index (χ4n) is 2.88. The van der Waals surface area contributed by atoms with Gasteiger partial charge in [-0.3, -0.25) is 5.10 Å². The first-order valence-corrected chi connectivity index (χ1v) is 7.80. The second-order valence-corrected chi connectivity index (χ2v) is 6.03. The van der Waals surface area contributed by atoms with Crippen molar-refractivity contribution < 1.29 is 4.74 Å². The number of nitrogens with two attached hydrogens (primary N) is 1. The van der Waals surface area contributed by atoms with Crippen LogP contribution in [0.4, 0.5) is 11.6 Å². The van der Waals surface area contributed by atoms with Gasteiger partial charge in [0.1, 0.15) is 17.4 Å². The van der Waals surface area contributed by atoms with Gasteiger partial charge >= 0.3 is 0 Å². The lowest BCUT2D eigenvalue weighted by molar-refractivity contribution is 0.241. The Hall–Kier alpha value is -2.24. The van der Waals surface area contributed by atoms with Gasteiger partial charge in [0.05, 0.1) is 12.3 Å². The highest BCUT2D eigenvalue weighted by atomic mass is 16.5. The van der Waals surface area contributed by atoms with E-state index in [-0.39, 0.29) is 6.10 Å². The number of hydrogen-bond acceptors (Lipinski definition) is 5. The van der Waals surface area contributed by atoms with Crippen LogP contribution in [-0.2, 0) is 0 Å². The number of H-pyrrole nitrogens is 1. The largest absolute Gasteiger partial charge is 0.489 e. The van der Waals surface area contributed by atoms with E-state index < -0.39 is 0 Å². The Morgan fingerprint density at radius 1 is 1.32 bits per heavy atom. The van der Waals surface area contributed by atoms with Crippen molar-refractivity contribution in [3.63, 3.8) is 0 Å². The van der Waals surface area contributed by atoms with Crippen LogP contribution in [0.15, 0.2) is 24.4 Å². The summed E-state index contributed by atoms with van der Waals surface area (Å²) in [6.07, 6.45) is 4.13. The van der Waals surface area contributed by atoms with Gasteiger partial charge in [0.15, 0.2) is 0 Å². The fraction of sp³-hybridized carbons (Fsp3) is 0.500. The van der Waals surface area contributed by atoms with E-state index >= 15 is 0 Å². The van der Waals surface area contributed by atoms with Crippen molar-refractivity contribution in [2.45, 2.75) is 38.7 Å². The van der Waals surface area contributed by atoms with Crippen LogP contribution in [0.25, 0.3) is 0 Å². The summed E-state index contributed by atoms with van der Waals surface area (Å²) >= 11 is 0. The molecule has 2 aromatic rings. The zero-order chi connectivity index (χ0) is 15.5. The maximum absolute atomic E-state index is 5.68. The van der Waals surface area contributed by atoms with Gasteiger partial charge in [0, 0.05) is 30.8 Å². The zero-order valence-corrected chi connectivity index (χ0v) is 13.1. The second kappa shape index (κ2) is 6.25. The van der Waals surface area contributed by atoms with Crippen LogP contribution < -0.4 is 15.4 Å². The monoisotopic (exact) mass is 301 g/mol. The Morgan fingerprint density at radius 3 is 2.64 bits per heavy atom. The summed E-state index contributed by atoms with van der Waals surface area (Å²) in [7, 11) is 0. The smallest absolute Gasteiger partial charge is 0.145 e. The summed E-state index contributed by atoms with van der Waals surface area (Å²) in [6, 6.07) is 5.97. The molecule has 3 heterocycles. The van der Waals surface area contributed by atoms with E-state index in [0.29, 0.717) is 11.7 Å². The van der Waals surface area contributed by atoms with Gasteiger partial charge in [-0.05, 0) is 38.8 Å². The normalized spacial score (nSPS) is 16.2. The highest BCUT2D eigenvalue weighted by molar-refractivity contribution is 5.42. The van der Waals surface area contributed by atoms with Crippen LogP contribution >= 0.6 is 0 Å². The van der Waals surface area contributed by atoms with E-state index in [4.69, 9.17) is 10.5 Å². The molecule has 3 rings (SSSR count). The molecular weight excluding hydrogens is 278 g/mol. The molecule has 6 heteroatoms. The number of ether oxygens (including phenoxy) is 1. The van der Waals surface area contributed by atoms with Crippen molar-refractivity contribution in [3.05, 3.63) is 30.1 Å². The first-order chi connectivity index (χ1) is 10.6. The van der Waals surface area contributed by atoms with E-state index in [0.717, 1.165) is 43.2 Å². The van der Waals surface area contributed by atoms with Gasteiger partial charge in [-0.1, -0.05) is 0 Å². The maximum Gasteiger partial charge on any atom is 0.145 e. The standard InChI is InChI=1S/C16H23N5O/c1-11(2)22-13-3-4-16(18-10-13)21-7-5-12(6-8-21)14-9-15(17)20-19-14/h3-4,9-12H,5-8H2,1-2H3,(H3,17,19,20). The van der Waals surface area contributed by atoms with Crippen molar-refractivity contribution in [1.82, 2.24) is 15.2 Å². The van der Waals surface area contributed by atoms with Gasteiger partial charge in [-0.25, -0.2) is 4.98 Å². The molecule has 1 aliphatic rings. The summed E-state index contributed by atoms with van der Waals surface area (Å²) in [6.45, 7) is 6.00. The minimum absolute atomic E-state index is 0.172. The highest BCUT2D eigenvalue weighted by Crippen LogP contribution is 2.29. The number of aromatic nitrogens is 3. The summed E-state index contributed by atoms with van der Waals surface area (Å²) in [5, 5.41) is 7.04. The molecule has 22 heavy (non-hydrogen) atoms. The molecule has 1 fully saturated rings. The van der Waals surface area contributed by atoms with Gasteiger partial charge in [0.2, 0.25) is 0 Å². The third-order valence-corrected chi connectivity index (χ3v) is 3.97. The summed E-state index contributed by atoms with van der Waals surface area (Å²) in [5.41, 5.74) is 6.82. The second-order valence-electron chi connectivity index (χ2n) is 6.03. The minimum atomic E-state index is 0.172. The van der Waals surface area contributed by atoms with Crippen LogP contribution in [0, 0.1) is 0 Å². The first-order valence-electron chi connectivity index (χ1n) is 7.80. The molecule has 0 atom stereocenters. The topological polar surface area (TPSA) is 80.1 Å². The molecule has 0 bridgehead atoms. The number of nitrogens with zero attached hydrogens (tertiary/aromatic N) is 3. The quantitative estimate of drug-likeness (QED) is 0.907. The predicted octanol–water partition coefficient (Wildman–Crippen LogP) is 2.56. The van der Waals surface area contributed by atoms with Gasteiger partial charge in [0.25, 0.3) is 0 Å². The van der Waals surface area contributed by atoms with Crippen molar-refractivity contribution in [2.24, 2.45) is 0 Å². The van der Waals surface area contributed by atoms with Crippen LogP contribution in [0.3, 0.4) is 0 Å². The minimum Gasteiger partial charge on any atom is -0.489 e. The molecule has 0 aromatic carbocycles. The van der Waals surface area contributed by atoms with E-state index in [2.05, 4.69) is 20.1 Å². The Morgan fingerprint density at radius 2 is 2.09 bits per heavy atom. The molecule has 0 spiro atoms. The number of pyridine rings is 1. The average molecular weight is 301 g/mol. The van der Waals surface area contributed by atoms with Crippen LogP contribution in [0.2, 0.25) is 0 Å². The zero-order valence-electron chi connectivity index (χ0n) is 13.1. The molecule has 0 unspecified atom stereocenters. The van der Waals surface area contributed by atoms with E-state index in [1.54, 1.807) is 6.20 Å². The molecule has 0 saturated carbocycles. The number of nitrogen functional groups attached to an aromatic ring is 1. The molecule has 1 aliphatic heterocycles. The van der Waals surface area contributed by atoms with Crippen molar-refractivity contribution >= 4 is 11.6 Å². The predicted molar refractivity (Wildman–Crippen MR) is 87.2 cm³/mol. The lowest BCUT2D eigenvalue weighted by atomic mass is 9.93. The molecule has 118 valence electrons. The number of anilines is 2. The Kier molecular flexibility index (Phi) is 4.18. The number of nitrogens with one attached hydrogen (secondary N) is 1. The summed E-state index contributed by atoms with van der Waals surface area (Å²) in [5.74, 6) is 2.91. The number of rotatable bonds is 4. The SMILES string of the molecule is CC(C)Oc1ccc(N2CCC(c3cc(N)n[nH]3)CC2)nc1. The van der Waals surface area contributed by atoms with Gasteiger partial charge in [-0.2, -0.15) is 5.10 Å². The Labute approximate surface area is 130 Å². The molecule has 0 radical (unpaired) electrons. The molecule has 6 nitrogen and oxygen atoms in total. The van der Waals surface area contributed by atoms with E-state index in [9.17, 15) is 0 Å². The maximum atomic E-state index is 5.68. The van der Waals surface area contributed by atoms with Crippen molar-refractivity contribution in [3.8, 4) is 5.75 Å². The summed E-state index contributed by atoms with van der Waals surface area (Å²) < 4.78 is 5.63. The third kappa shape index (κ3) is 3.32. The molecule has 2 aromatic heterocycles. The third-order valence-electron chi connectivity index (χ3n) is 3.97. The molecule has 0 aliphatic carbocycles. The first kappa shape index (κ1) is 14.7. The van der Waals surface area contributed by atoms with Crippen molar-refractivity contribution in [1.29, 1.82) is 0 Å². The Balaban J connectivity index is 1.59. The van der Waals surface area contributed by atoms with Crippen LogP contribution in [0.1, 0.15) is 38.3 Å². The van der Waals surface area contributed by atoms with Gasteiger partial charge < -0.3 is 15.4 Å². The Bertz CT molecular complexity index is 599. The molecule has 3 N–H and O–H groups in total. The van der Waals surface area contributed by atoms with Crippen LogP contribution in [0.5, 0.6) is 5.75 Å². The molecular formula is C16H23N5O. The molecule has 0 amide bonds. The number of piperidine rings is 1. The highest BCUT2D eigenvalue weighted by Gasteiger charge is 2.22. The summed E-state index contributed by atoms with van der Waals surface area (Å²) in [4.78, 5) is 6.83. The molecule has 1 saturated heterocycles. The average Bonchev–Trinajstić information content (AvgIpc) is 2.94. The van der Waals surface area contributed by atoms with Crippen LogP contribution in [-0.4, -0.2) is 34.4 Å². The number of aromatic amines is 1. The van der Waals surface area contributed by atoms with Crippen molar-refractivity contribution in [2.75, 3.05) is 23.7 Å². The number of hydrogen-bond donors (Lipinski definition) is 2. The van der Waals surface area contributed by atoms with E-state index in [1.807, 2.05) is 32.0 Å². The van der Waals surface area contributed by atoms with E-state index in [1.165, 1.54) is 0 Å².